The van der Waals surface area contributed by atoms with E-state index in [4.69, 9.17) is 0 Å². The number of rotatable bonds is 7. The molecule has 8 heteroatoms. The Morgan fingerprint density at radius 2 is 1.68 bits per heavy atom. The minimum Gasteiger partial charge on any atom is -0.469 e. The third kappa shape index (κ3) is 6.38. The van der Waals surface area contributed by atoms with Crippen LogP contribution < -0.4 is 0 Å². The average Bonchev–Trinajstić information content (AvgIpc) is 2.56. The van der Waals surface area contributed by atoms with Crippen LogP contribution in [-0.2, 0) is 15.7 Å². The molecule has 1 atom stereocenters. The van der Waals surface area contributed by atoms with Crippen LogP contribution in [0.25, 0.3) is 0 Å². The molecule has 0 heterocycles. The second kappa shape index (κ2) is 8.84. The Bertz CT molecular complexity index is 586. The van der Waals surface area contributed by atoms with E-state index < -0.39 is 29.5 Å². The largest absolute Gasteiger partial charge is 0.469 e. The monoisotopic (exact) mass is 360 g/mol. The zero-order valence-electron chi connectivity index (χ0n) is 14.8. The van der Waals surface area contributed by atoms with Crippen molar-refractivity contribution in [3.05, 3.63) is 35.4 Å². The highest BCUT2D eigenvalue weighted by molar-refractivity contribution is 5.94. The van der Waals surface area contributed by atoms with E-state index in [0.29, 0.717) is 13.1 Å². The maximum absolute atomic E-state index is 12.6. The van der Waals surface area contributed by atoms with E-state index in [9.17, 15) is 22.8 Å². The Morgan fingerprint density at radius 1 is 1.12 bits per heavy atom. The second-order valence-corrected chi connectivity index (χ2v) is 6.05. The van der Waals surface area contributed by atoms with Gasteiger partial charge in [0, 0.05) is 25.2 Å². The molecule has 0 aliphatic heterocycles. The van der Waals surface area contributed by atoms with Crippen molar-refractivity contribution in [2.24, 2.45) is 5.92 Å². The van der Waals surface area contributed by atoms with Crippen LogP contribution in [0.2, 0.25) is 0 Å². The molecule has 25 heavy (non-hydrogen) atoms. The first-order chi connectivity index (χ1) is 11.6. The van der Waals surface area contributed by atoms with E-state index in [1.54, 1.807) is 6.92 Å². The summed E-state index contributed by atoms with van der Waals surface area (Å²) in [7, 11) is 4.94. The summed E-state index contributed by atoms with van der Waals surface area (Å²) < 4.78 is 42.6. The average molecular weight is 360 g/mol. The Hall–Kier alpha value is -2.09. The number of nitrogens with zero attached hydrogens (tertiary/aromatic N) is 2. The predicted molar refractivity (Wildman–Crippen MR) is 87.1 cm³/mol. The first-order valence-corrected chi connectivity index (χ1v) is 7.75. The summed E-state index contributed by atoms with van der Waals surface area (Å²) in [5.41, 5.74) is -0.671. The van der Waals surface area contributed by atoms with Gasteiger partial charge in [-0.15, -0.1) is 0 Å². The SMILES string of the molecule is COC(=O)C(C)CN(CCN(C)C)C(=O)c1ccc(C(F)(F)F)cc1. The molecule has 5 nitrogen and oxygen atoms in total. The third-order valence-electron chi connectivity index (χ3n) is 3.66. The first kappa shape index (κ1) is 21.0. The summed E-state index contributed by atoms with van der Waals surface area (Å²) in [5.74, 6) is -1.41. The lowest BCUT2D eigenvalue weighted by molar-refractivity contribution is -0.145. The molecular formula is C17H23F3N2O3. The van der Waals surface area contributed by atoms with Crippen molar-refractivity contribution in [2.45, 2.75) is 13.1 Å². The molecule has 0 bridgehead atoms. The number of hydrogen-bond acceptors (Lipinski definition) is 4. The van der Waals surface area contributed by atoms with Crippen LogP contribution in [0.3, 0.4) is 0 Å². The highest BCUT2D eigenvalue weighted by Crippen LogP contribution is 2.29. The van der Waals surface area contributed by atoms with Crippen LogP contribution >= 0.6 is 0 Å². The predicted octanol–water partition coefficient (Wildman–Crippen LogP) is 2.52. The van der Waals surface area contributed by atoms with E-state index in [-0.39, 0.29) is 12.1 Å². The Morgan fingerprint density at radius 3 is 2.12 bits per heavy atom. The molecule has 0 aliphatic rings. The van der Waals surface area contributed by atoms with Gasteiger partial charge in [0.15, 0.2) is 0 Å². The number of hydrogen-bond donors (Lipinski definition) is 0. The molecule has 1 unspecified atom stereocenters. The van der Waals surface area contributed by atoms with Crippen molar-refractivity contribution in [1.82, 2.24) is 9.80 Å². The molecule has 0 saturated heterocycles. The lowest BCUT2D eigenvalue weighted by atomic mass is 10.1. The molecule has 0 aromatic heterocycles. The van der Waals surface area contributed by atoms with Crippen molar-refractivity contribution in [1.29, 1.82) is 0 Å². The minimum absolute atomic E-state index is 0.125. The second-order valence-electron chi connectivity index (χ2n) is 6.05. The van der Waals surface area contributed by atoms with Gasteiger partial charge in [0.1, 0.15) is 0 Å². The number of halogens is 3. The fourth-order valence-corrected chi connectivity index (χ4v) is 2.19. The van der Waals surface area contributed by atoms with E-state index in [1.807, 2.05) is 19.0 Å². The van der Waals surface area contributed by atoms with Gasteiger partial charge in [-0.3, -0.25) is 9.59 Å². The van der Waals surface area contributed by atoms with E-state index >= 15 is 0 Å². The topological polar surface area (TPSA) is 49.9 Å². The fraction of sp³-hybridized carbons (Fsp3) is 0.529. The lowest BCUT2D eigenvalue weighted by Gasteiger charge is -2.26. The summed E-state index contributed by atoms with van der Waals surface area (Å²) in [6.45, 7) is 2.66. The van der Waals surface area contributed by atoms with Crippen LogP contribution in [0.15, 0.2) is 24.3 Å². The first-order valence-electron chi connectivity index (χ1n) is 7.75. The molecule has 1 amide bonds. The van der Waals surface area contributed by atoms with Gasteiger partial charge >= 0.3 is 12.1 Å². The smallest absolute Gasteiger partial charge is 0.416 e. The van der Waals surface area contributed by atoms with Crippen LogP contribution in [0.4, 0.5) is 13.2 Å². The van der Waals surface area contributed by atoms with Crippen LogP contribution in [-0.4, -0.2) is 62.5 Å². The molecule has 0 saturated carbocycles. The van der Waals surface area contributed by atoms with Gasteiger partial charge in [-0.25, -0.2) is 0 Å². The molecule has 0 aliphatic carbocycles. The van der Waals surface area contributed by atoms with E-state index in [2.05, 4.69) is 4.74 Å². The standard InChI is InChI=1S/C17H23F3N2O3/c1-12(16(24)25-4)11-22(10-9-21(2)3)15(23)13-5-7-14(8-6-13)17(18,19)20/h5-8,12H,9-11H2,1-4H3. The van der Waals surface area contributed by atoms with Crippen molar-refractivity contribution >= 4 is 11.9 Å². The van der Waals surface area contributed by atoms with E-state index in [0.717, 1.165) is 24.3 Å². The summed E-state index contributed by atoms with van der Waals surface area (Å²) >= 11 is 0. The normalized spacial score (nSPS) is 12.8. The van der Waals surface area contributed by atoms with Gasteiger partial charge < -0.3 is 14.5 Å². The molecule has 1 aromatic rings. The number of esters is 1. The zero-order valence-corrected chi connectivity index (χ0v) is 14.8. The Kier molecular flexibility index (Phi) is 7.41. The van der Waals surface area contributed by atoms with Gasteiger partial charge in [-0.2, -0.15) is 13.2 Å². The number of amides is 1. The van der Waals surface area contributed by atoms with Gasteiger partial charge in [0.25, 0.3) is 5.91 Å². The summed E-state index contributed by atoms with van der Waals surface area (Å²) in [6, 6.07) is 4.05. The molecule has 140 valence electrons. The molecule has 0 spiro atoms. The van der Waals surface area contributed by atoms with Gasteiger partial charge in [0.05, 0.1) is 18.6 Å². The Balaban J connectivity index is 2.95. The van der Waals surface area contributed by atoms with E-state index in [1.165, 1.54) is 12.0 Å². The molecule has 0 N–H and O–H groups in total. The summed E-state index contributed by atoms with van der Waals surface area (Å²) in [5, 5.41) is 0. The quantitative estimate of drug-likeness (QED) is 0.701. The summed E-state index contributed by atoms with van der Waals surface area (Å²) in [6.07, 6.45) is -4.45. The maximum Gasteiger partial charge on any atom is 0.416 e. The van der Waals surface area contributed by atoms with Gasteiger partial charge in [0.2, 0.25) is 0 Å². The molecular weight excluding hydrogens is 337 g/mol. The Labute approximate surface area is 145 Å². The van der Waals surface area contributed by atoms with Crippen LogP contribution in [0.5, 0.6) is 0 Å². The van der Waals surface area contributed by atoms with Crippen LogP contribution in [0.1, 0.15) is 22.8 Å². The highest BCUT2D eigenvalue weighted by Gasteiger charge is 2.30. The van der Waals surface area contributed by atoms with Crippen molar-refractivity contribution in [3.63, 3.8) is 0 Å². The molecule has 1 aromatic carbocycles. The zero-order chi connectivity index (χ0) is 19.2. The summed E-state index contributed by atoms with van der Waals surface area (Å²) in [4.78, 5) is 27.6. The van der Waals surface area contributed by atoms with Crippen molar-refractivity contribution < 1.29 is 27.5 Å². The number of ether oxygens (including phenoxy) is 1. The highest BCUT2D eigenvalue weighted by atomic mass is 19.4. The number of alkyl halides is 3. The number of carbonyl (C=O) groups is 2. The number of methoxy groups -OCH3 is 1. The number of carbonyl (C=O) groups excluding carboxylic acids is 2. The third-order valence-corrected chi connectivity index (χ3v) is 3.66. The fourth-order valence-electron chi connectivity index (χ4n) is 2.19. The van der Waals surface area contributed by atoms with Crippen molar-refractivity contribution in [3.8, 4) is 0 Å². The van der Waals surface area contributed by atoms with Crippen molar-refractivity contribution in [2.75, 3.05) is 40.8 Å². The van der Waals surface area contributed by atoms with Crippen LogP contribution in [0, 0.1) is 5.92 Å². The van der Waals surface area contributed by atoms with Gasteiger partial charge in [-0.05, 0) is 38.4 Å². The number of benzene rings is 1. The minimum atomic E-state index is -4.45. The molecule has 1 rings (SSSR count). The maximum atomic E-state index is 12.6. The molecule has 0 fully saturated rings. The lowest BCUT2D eigenvalue weighted by Crippen LogP contribution is -2.41. The molecule has 0 radical (unpaired) electrons. The number of likely N-dealkylation sites (N-methyl/N-ethyl adjacent to an activating group) is 1. The van der Waals surface area contributed by atoms with Gasteiger partial charge in [-0.1, -0.05) is 6.92 Å².